The number of terminal acetylenes is 1. The predicted octanol–water partition coefficient (Wildman–Crippen LogP) is 4.06. The fourth-order valence-electron chi connectivity index (χ4n) is 3.15. The van der Waals surface area contributed by atoms with E-state index in [1.807, 2.05) is 0 Å². The van der Waals surface area contributed by atoms with E-state index in [-0.39, 0.29) is 11.6 Å². The molecule has 1 fully saturated rings. The number of unbranched alkanes of at least 4 members (excludes halogenated alkanes) is 6. The van der Waals surface area contributed by atoms with Crippen LogP contribution in [0.2, 0.25) is 0 Å². The first kappa shape index (κ1) is 19.0. The average molecular weight is 307 g/mol. The first-order valence-corrected chi connectivity index (χ1v) is 8.92. The second-order valence-electron chi connectivity index (χ2n) is 6.93. The van der Waals surface area contributed by atoms with Crippen LogP contribution >= 0.6 is 0 Å². The van der Waals surface area contributed by atoms with Gasteiger partial charge in [-0.3, -0.25) is 4.79 Å². The highest BCUT2D eigenvalue weighted by atomic mass is 16.6. The van der Waals surface area contributed by atoms with E-state index in [9.17, 15) is 4.79 Å². The largest absolute Gasteiger partial charge is 0.459 e. The summed E-state index contributed by atoms with van der Waals surface area (Å²) in [6, 6.07) is 0. The van der Waals surface area contributed by atoms with Crippen molar-refractivity contribution in [1.29, 1.82) is 0 Å². The van der Waals surface area contributed by atoms with Gasteiger partial charge in [0.2, 0.25) is 0 Å². The summed E-state index contributed by atoms with van der Waals surface area (Å²) in [6.07, 6.45) is 15.6. The summed E-state index contributed by atoms with van der Waals surface area (Å²) in [4.78, 5) is 12.0. The topological polar surface area (TPSA) is 38.3 Å². The van der Waals surface area contributed by atoms with Gasteiger partial charge in [-0.2, -0.15) is 0 Å². The maximum atomic E-state index is 12.0. The van der Waals surface area contributed by atoms with Crippen molar-refractivity contribution in [2.24, 2.45) is 5.92 Å². The third-order valence-electron chi connectivity index (χ3n) is 4.65. The average Bonchev–Trinajstić information content (AvgIpc) is 2.50. The fourth-order valence-corrected chi connectivity index (χ4v) is 3.15. The van der Waals surface area contributed by atoms with Crippen molar-refractivity contribution in [3.05, 3.63) is 0 Å². The Morgan fingerprint density at radius 3 is 2.36 bits per heavy atom. The molecule has 0 atom stereocenters. The maximum Gasteiger partial charge on any atom is 0.306 e. The lowest BCUT2D eigenvalue weighted by Crippen LogP contribution is -2.42. The molecule has 0 spiro atoms. The molecule has 1 saturated heterocycles. The molecule has 1 heterocycles. The predicted molar refractivity (Wildman–Crippen MR) is 91.5 cm³/mol. The second kappa shape index (κ2) is 10.7. The van der Waals surface area contributed by atoms with Crippen LogP contribution in [0.4, 0.5) is 0 Å². The second-order valence-corrected chi connectivity index (χ2v) is 6.93. The maximum absolute atomic E-state index is 12.0. The van der Waals surface area contributed by atoms with Gasteiger partial charge in [0.25, 0.3) is 0 Å². The Hall–Kier alpha value is -1.01. The van der Waals surface area contributed by atoms with Gasteiger partial charge in [-0.05, 0) is 52.6 Å². The van der Waals surface area contributed by atoms with Crippen LogP contribution in [0.15, 0.2) is 0 Å². The van der Waals surface area contributed by atoms with Crippen LogP contribution in [0.3, 0.4) is 0 Å². The summed E-state index contributed by atoms with van der Waals surface area (Å²) in [5.74, 6) is 3.12. The molecule has 1 N–H and O–H groups in total. The number of carbonyl (C=O) groups is 1. The zero-order valence-electron chi connectivity index (χ0n) is 14.5. The molecule has 0 aromatic heterocycles. The number of esters is 1. The standard InChI is InChI=1S/C19H33NO2/c1-4-5-6-7-8-9-10-11-12-18(21)22-19(2,3)17-13-15-20-16-14-17/h1,17,20H,5-16H2,2-3H3. The summed E-state index contributed by atoms with van der Waals surface area (Å²) < 4.78 is 5.75. The molecule has 1 rings (SSSR count). The van der Waals surface area contributed by atoms with Crippen molar-refractivity contribution in [1.82, 2.24) is 5.32 Å². The first-order chi connectivity index (χ1) is 10.6. The third-order valence-corrected chi connectivity index (χ3v) is 4.65. The fraction of sp³-hybridized carbons (Fsp3) is 0.842. The number of hydrogen-bond acceptors (Lipinski definition) is 3. The molecular formula is C19H33NO2. The van der Waals surface area contributed by atoms with Crippen molar-refractivity contribution in [2.45, 2.75) is 83.7 Å². The molecule has 0 bridgehead atoms. The molecule has 0 aliphatic carbocycles. The summed E-state index contributed by atoms with van der Waals surface area (Å²) in [7, 11) is 0. The van der Waals surface area contributed by atoms with Crippen molar-refractivity contribution < 1.29 is 9.53 Å². The number of rotatable bonds is 10. The van der Waals surface area contributed by atoms with Crippen molar-refractivity contribution >= 4 is 5.97 Å². The molecule has 0 amide bonds. The Balaban J connectivity index is 2.08. The normalized spacial score (nSPS) is 16.2. The van der Waals surface area contributed by atoms with Crippen LogP contribution < -0.4 is 5.32 Å². The van der Waals surface area contributed by atoms with Gasteiger partial charge in [0.1, 0.15) is 5.60 Å². The van der Waals surface area contributed by atoms with Crippen LogP contribution in [-0.2, 0) is 9.53 Å². The van der Waals surface area contributed by atoms with Crippen molar-refractivity contribution in [3.8, 4) is 12.3 Å². The summed E-state index contributed by atoms with van der Waals surface area (Å²) in [6.45, 7) is 6.19. The van der Waals surface area contributed by atoms with Gasteiger partial charge in [-0.25, -0.2) is 0 Å². The van der Waals surface area contributed by atoms with Crippen molar-refractivity contribution in [3.63, 3.8) is 0 Å². The highest BCUT2D eigenvalue weighted by Gasteiger charge is 2.33. The summed E-state index contributed by atoms with van der Waals surface area (Å²) >= 11 is 0. The molecule has 0 unspecified atom stereocenters. The lowest BCUT2D eigenvalue weighted by atomic mass is 9.83. The van der Waals surface area contributed by atoms with E-state index < -0.39 is 0 Å². The highest BCUT2D eigenvalue weighted by Crippen LogP contribution is 2.29. The van der Waals surface area contributed by atoms with E-state index in [0.717, 1.165) is 51.6 Å². The monoisotopic (exact) mass is 307 g/mol. The van der Waals surface area contributed by atoms with Gasteiger partial charge in [0.15, 0.2) is 0 Å². The molecule has 0 radical (unpaired) electrons. The van der Waals surface area contributed by atoms with E-state index >= 15 is 0 Å². The molecule has 1 aliphatic heterocycles. The molecule has 126 valence electrons. The van der Waals surface area contributed by atoms with Gasteiger partial charge in [0, 0.05) is 18.8 Å². The Labute approximate surface area is 136 Å². The van der Waals surface area contributed by atoms with Crippen LogP contribution in [0.5, 0.6) is 0 Å². The van der Waals surface area contributed by atoms with Gasteiger partial charge in [-0.15, -0.1) is 12.3 Å². The van der Waals surface area contributed by atoms with E-state index in [0.29, 0.717) is 12.3 Å². The van der Waals surface area contributed by atoms with E-state index in [2.05, 4.69) is 25.1 Å². The zero-order chi connectivity index (χ0) is 16.3. The Morgan fingerprint density at radius 2 is 1.73 bits per heavy atom. The van der Waals surface area contributed by atoms with Crippen LogP contribution in [0.25, 0.3) is 0 Å². The van der Waals surface area contributed by atoms with E-state index in [1.54, 1.807) is 0 Å². The molecule has 0 aromatic carbocycles. The quantitative estimate of drug-likeness (QED) is 0.376. The van der Waals surface area contributed by atoms with Crippen LogP contribution in [-0.4, -0.2) is 24.7 Å². The first-order valence-electron chi connectivity index (χ1n) is 8.92. The third kappa shape index (κ3) is 7.84. The lowest BCUT2D eigenvalue weighted by Gasteiger charge is -2.36. The molecule has 3 heteroatoms. The SMILES string of the molecule is C#CCCCCCCCCC(=O)OC(C)(C)C1CCNCC1. The molecule has 3 nitrogen and oxygen atoms in total. The molecular weight excluding hydrogens is 274 g/mol. The number of ether oxygens (including phenoxy) is 1. The van der Waals surface area contributed by atoms with Crippen LogP contribution in [0, 0.1) is 18.3 Å². The van der Waals surface area contributed by atoms with Crippen molar-refractivity contribution in [2.75, 3.05) is 13.1 Å². The number of nitrogens with one attached hydrogen (secondary N) is 1. The number of hydrogen-bond donors (Lipinski definition) is 1. The molecule has 0 aromatic rings. The lowest BCUT2D eigenvalue weighted by molar-refractivity contribution is -0.162. The minimum absolute atomic E-state index is 0.0316. The van der Waals surface area contributed by atoms with Gasteiger partial charge >= 0.3 is 5.97 Å². The van der Waals surface area contributed by atoms with Gasteiger partial charge in [0.05, 0.1) is 0 Å². The summed E-state index contributed by atoms with van der Waals surface area (Å²) in [5, 5.41) is 3.36. The minimum atomic E-state index is -0.325. The highest BCUT2D eigenvalue weighted by molar-refractivity contribution is 5.69. The Kier molecular flexibility index (Phi) is 9.24. The Morgan fingerprint density at radius 1 is 1.14 bits per heavy atom. The zero-order valence-corrected chi connectivity index (χ0v) is 14.5. The smallest absolute Gasteiger partial charge is 0.306 e. The minimum Gasteiger partial charge on any atom is -0.459 e. The van der Waals surface area contributed by atoms with Gasteiger partial charge in [-0.1, -0.05) is 25.7 Å². The number of carbonyl (C=O) groups excluding carboxylic acids is 1. The Bertz CT molecular complexity index is 351. The molecule has 0 saturated carbocycles. The van der Waals surface area contributed by atoms with Gasteiger partial charge < -0.3 is 10.1 Å². The summed E-state index contributed by atoms with van der Waals surface area (Å²) in [5.41, 5.74) is -0.325. The van der Waals surface area contributed by atoms with E-state index in [1.165, 1.54) is 19.3 Å². The molecule has 1 aliphatic rings. The number of piperidine rings is 1. The van der Waals surface area contributed by atoms with Crippen LogP contribution in [0.1, 0.15) is 78.1 Å². The van der Waals surface area contributed by atoms with E-state index in [4.69, 9.17) is 11.2 Å². The molecule has 22 heavy (non-hydrogen) atoms.